The van der Waals surface area contributed by atoms with Gasteiger partial charge in [-0.3, -0.25) is 9.59 Å². The first-order chi connectivity index (χ1) is 12.0. The number of rotatable bonds is 3. The van der Waals surface area contributed by atoms with Crippen molar-refractivity contribution in [1.82, 2.24) is 4.90 Å². The van der Waals surface area contributed by atoms with E-state index in [0.717, 1.165) is 5.56 Å². The van der Waals surface area contributed by atoms with E-state index in [-0.39, 0.29) is 30.0 Å². The molecule has 0 spiro atoms. The van der Waals surface area contributed by atoms with Gasteiger partial charge in [-0.15, -0.1) is 12.4 Å². The van der Waals surface area contributed by atoms with Gasteiger partial charge in [-0.05, 0) is 61.7 Å². The van der Waals surface area contributed by atoms with Crippen LogP contribution < -0.4 is 5.73 Å². The molecule has 26 heavy (non-hydrogen) atoms. The molecule has 0 unspecified atom stereocenters. The van der Waals surface area contributed by atoms with Gasteiger partial charge in [0.25, 0.3) is 5.91 Å². The Hall–Kier alpha value is -2.04. The lowest BCUT2D eigenvalue weighted by atomic mass is 9.88. The monoisotopic (exact) mass is 392 g/mol. The molecule has 0 aromatic heterocycles. The van der Waals surface area contributed by atoms with Crippen LogP contribution in [0.5, 0.6) is 0 Å². The number of nitrogen functional groups attached to an aromatic ring is 1. The second kappa shape index (κ2) is 8.56. The Labute approximate surface area is 164 Å². The number of anilines is 1. The van der Waals surface area contributed by atoms with Crippen molar-refractivity contribution in [3.05, 3.63) is 64.2 Å². The zero-order chi connectivity index (χ0) is 18.0. The first-order valence-electron chi connectivity index (χ1n) is 8.41. The van der Waals surface area contributed by atoms with Crippen molar-refractivity contribution in [2.75, 3.05) is 18.8 Å². The number of likely N-dealkylation sites (tertiary alicyclic amines) is 1. The van der Waals surface area contributed by atoms with E-state index in [1.165, 1.54) is 0 Å². The van der Waals surface area contributed by atoms with Gasteiger partial charge < -0.3 is 10.6 Å². The summed E-state index contributed by atoms with van der Waals surface area (Å²) in [6.07, 6.45) is 1.35. The number of halogens is 2. The predicted octanol–water partition coefficient (Wildman–Crippen LogP) is 4.39. The van der Waals surface area contributed by atoms with Crippen LogP contribution in [0.15, 0.2) is 42.5 Å². The molecule has 6 heteroatoms. The summed E-state index contributed by atoms with van der Waals surface area (Å²) in [7, 11) is 0. The molecule has 0 atom stereocenters. The molecule has 3 rings (SSSR count). The fraction of sp³-hybridized carbons (Fsp3) is 0.300. The van der Waals surface area contributed by atoms with E-state index in [1.54, 1.807) is 36.4 Å². The molecule has 2 aromatic rings. The second-order valence-corrected chi connectivity index (χ2v) is 6.95. The van der Waals surface area contributed by atoms with Crippen LogP contribution in [0.3, 0.4) is 0 Å². The van der Waals surface area contributed by atoms with Crippen molar-refractivity contribution in [1.29, 1.82) is 0 Å². The third-order valence-electron chi connectivity index (χ3n) is 4.77. The van der Waals surface area contributed by atoms with E-state index in [2.05, 4.69) is 0 Å². The number of carbonyl (C=O) groups excluding carboxylic acids is 2. The molecular weight excluding hydrogens is 371 g/mol. The van der Waals surface area contributed by atoms with Crippen LogP contribution in [0, 0.1) is 12.8 Å². The molecule has 1 heterocycles. The van der Waals surface area contributed by atoms with Gasteiger partial charge in [-0.25, -0.2) is 0 Å². The van der Waals surface area contributed by atoms with Gasteiger partial charge in [-0.1, -0.05) is 17.7 Å². The van der Waals surface area contributed by atoms with Gasteiger partial charge in [0.2, 0.25) is 0 Å². The number of Topliss-reactive ketones (excluding diaryl/α,β-unsaturated/α-hetero) is 1. The normalized spacial score (nSPS) is 14.6. The standard InChI is InChI=1S/C20H21ClN2O2.ClH/c1-13-2-7-17(22)12-18(13)20(25)23-10-8-15(9-11-23)19(24)14-3-5-16(21)6-4-14;/h2-7,12,15H,8-11,22H2,1H3;1H. The molecule has 2 aromatic carbocycles. The quantitative estimate of drug-likeness (QED) is 0.622. The minimum Gasteiger partial charge on any atom is -0.399 e. The maximum absolute atomic E-state index is 12.7. The lowest BCUT2D eigenvalue weighted by Crippen LogP contribution is -2.40. The molecule has 0 radical (unpaired) electrons. The molecular formula is C20H22Cl2N2O2. The molecule has 0 aliphatic carbocycles. The summed E-state index contributed by atoms with van der Waals surface area (Å²) in [6.45, 7) is 3.07. The summed E-state index contributed by atoms with van der Waals surface area (Å²) < 4.78 is 0. The maximum Gasteiger partial charge on any atom is 0.254 e. The van der Waals surface area contributed by atoms with Crippen LogP contribution in [0.2, 0.25) is 5.02 Å². The van der Waals surface area contributed by atoms with E-state index in [1.807, 2.05) is 17.9 Å². The topological polar surface area (TPSA) is 63.4 Å². The van der Waals surface area contributed by atoms with E-state index in [4.69, 9.17) is 17.3 Å². The Morgan fingerprint density at radius 1 is 1.08 bits per heavy atom. The molecule has 4 nitrogen and oxygen atoms in total. The molecule has 138 valence electrons. The third kappa shape index (κ3) is 4.37. The molecule has 0 bridgehead atoms. The minimum atomic E-state index is -0.0489. The first kappa shape index (κ1) is 20.3. The number of amides is 1. The van der Waals surface area contributed by atoms with Crippen LogP contribution in [0.4, 0.5) is 5.69 Å². The zero-order valence-corrected chi connectivity index (χ0v) is 16.1. The van der Waals surface area contributed by atoms with Crippen molar-refractivity contribution in [2.45, 2.75) is 19.8 Å². The number of ketones is 1. The number of carbonyl (C=O) groups is 2. The number of benzene rings is 2. The Kier molecular flexibility index (Phi) is 6.68. The van der Waals surface area contributed by atoms with Gasteiger partial charge in [0.15, 0.2) is 5.78 Å². The SMILES string of the molecule is Cc1ccc(N)cc1C(=O)N1CCC(C(=O)c2ccc(Cl)cc2)CC1.Cl. The number of aryl methyl sites for hydroxylation is 1. The summed E-state index contributed by atoms with van der Waals surface area (Å²) >= 11 is 5.87. The van der Waals surface area contributed by atoms with Gasteiger partial charge in [0.05, 0.1) is 0 Å². The molecule has 1 amide bonds. The van der Waals surface area contributed by atoms with Gasteiger partial charge in [0, 0.05) is 40.8 Å². The molecule has 1 aliphatic rings. The number of hydrogen-bond acceptors (Lipinski definition) is 3. The van der Waals surface area contributed by atoms with E-state index < -0.39 is 0 Å². The number of piperidine rings is 1. The minimum absolute atomic E-state index is 0. The van der Waals surface area contributed by atoms with Crippen molar-refractivity contribution in [2.24, 2.45) is 5.92 Å². The number of nitrogens with two attached hydrogens (primary N) is 1. The Morgan fingerprint density at radius 3 is 2.31 bits per heavy atom. The first-order valence-corrected chi connectivity index (χ1v) is 8.78. The summed E-state index contributed by atoms with van der Waals surface area (Å²) in [5.74, 6) is 0.0678. The van der Waals surface area contributed by atoms with Crippen LogP contribution in [0.25, 0.3) is 0 Å². The summed E-state index contributed by atoms with van der Waals surface area (Å²) in [6, 6.07) is 12.4. The van der Waals surface area contributed by atoms with Crippen LogP contribution in [0.1, 0.15) is 39.1 Å². The highest BCUT2D eigenvalue weighted by Gasteiger charge is 2.28. The average Bonchev–Trinajstić information content (AvgIpc) is 2.63. The highest BCUT2D eigenvalue weighted by molar-refractivity contribution is 6.30. The Balaban J connectivity index is 0.00000243. The van der Waals surface area contributed by atoms with Crippen molar-refractivity contribution in [3.8, 4) is 0 Å². The second-order valence-electron chi connectivity index (χ2n) is 6.51. The molecule has 1 fully saturated rings. The number of nitrogens with zero attached hydrogens (tertiary/aromatic N) is 1. The lowest BCUT2D eigenvalue weighted by molar-refractivity contribution is 0.0650. The van der Waals surface area contributed by atoms with Crippen molar-refractivity contribution in [3.63, 3.8) is 0 Å². The number of hydrogen-bond donors (Lipinski definition) is 1. The van der Waals surface area contributed by atoms with Crippen LogP contribution >= 0.6 is 24.0 Å². The van der Waals surface area contributed by atoms with Crippen LogP contribution in [-0.2, 0) is 0 Å². The predicted molar refractivity (Wildman–Crippen MR) is 107 cm³/mol. The smallest absolute Gasteiger partial charge is 0.254 e. The average molecular weight is 393 g/mol. The maximum atomic E-state index is 12.7. The van der Waals surface area contributed by atoms with Crippen molar-refractivity contribution < 1.29 is 9.59 Å². The van der Waals surface area contributed by atoms with E-state index in [0.29, 0.717) is 47.8 Å². The fourth-order valence-electron chi connectivity index (χ4n) is 3.23. The Bertz CT molecular complexity index is 798. The highest BCUT2D eigenvalue weighted by Crippen LogP contribution is 2.25. The van der Waals surface area contributed by atoms with Crippen molar-refractivity contribution >= 4 is 41.4 Å². The largest absolute Gasteiger partial charge is 0.399 e. The zero-order valence-electron chi connectivity index (χ0n) is 14.6. The third-order valence-corrected chi connectivity index (χ3v) is 5.03. The summed E-state index contributed by atoms with van der Waals surface area (Å²) in [4.78, 5) is 27.1. The molecule has 1 aliphatic heterocycles. The highest BCUT2D eigenvalue weighted by atomic mass is 35.5. The van der Waals surface area contributed by atoms with Crippen LogP contribution in [-0.4, -0.2) is 29.7 Å². The fourth-order valence-corrected chi connectivity index (χ4v) is 3.36. The summed E-state index contributed by atoms with van der Waals surface area (Å²) in [5, 5.41) is 0.620. The summed E-state index contributed by atoms with van der Waals surface area (Å²) in [5.41, 5.74) is 8.63. The van der Waals surface area contributed by atoms with E-state index >= 15 is 0 Å². The lowest BCUT2D eigenvalue weighted by Gasteiger charge is -2.31. The molecule has 2 N–H and O–H groups in total. The van der Waals surface area contributed by atoms with Gasteiger partial charge in [0.1, 0.15) is 0 Å². The van der Waals surface area contributed by atoms with E-state index in [9.17, 15) is 9.59 Å². The van der Waals surface area contributed by atoms with Gasteiger partial charge >= 0.3 is 0 Å². The van der Waals surface area contributed by atoms with Gasteiger partial charge in [-0.2, -0.15) is 0 Å². The molecule has 0 saturated carbocycles. The molecule has 1 saturated heterocycles. The Morgan fingerprint density at radius 2 is 1.69 bits per heavy atom.